The van der Waals surface area contributed by atoms with E-state index in [2.05, 4.69) is 83.7 Å². The third kappa shape index (κ3) is 35.8. The molecule has 122 heavy (non-hydrogen) atoms. The molecule has 3 fully saturated rings. The number of hydrogen-bond donors (Lipinski definition) is 15. The first-order valence-electron chi connectivity index (χ1n) is 43.4. The highest BCUT2D eigenvalue weighted by molar-refractivity contribution is 6.03. The van der Waals surface area contributed by atoms with Crippen molar-refractivity contribution in [3.8, 4) is 11.5 Å². The Bertz CT molecular complexity index is 4120. The van der Waals surface area contributed by atoms with Crippen LogP contribution in [0.2, 0.25) is 0 Å². The van der Waals surface area contributed by atoms with E-state index < -0.39 is 114 Å². The van der Waals surface area contributed by atoms with Gasteiger partial charge in [0.25, 0.3) is 0 Å². The van der Waals surface area contributed by atoms with E-state index in [9.17, 15) is 88.5 Å². The van der Waals surface area contributed by atoms with Gasteiger partial charge in [-0.25, -0.2) is 4.79 Å². The van der Waals surface area contributed by atoms with E-state index in [-0.39, 0.29) is 76.2 Å². The van der Waals surface area contributed by atoms with Gasteiger partial charge in [-0.1, -0.05) is 159 Å². The van der Waals surface area contributed by atoms with Crippen molar-refractivity contribution in [2.45, 2.75) is 328 Å². The summed E-state index contributed by atoms with van der Waals surface area (Å²) in [7, 11) is 1.92. The van der Waals surface area contributed by atoms with E-state index in [1.54, 1.807) is 19.3 Å². The van der Waals surface area contributed by atoms with Crippen molar-refractivity contribution in [2.75, 3.05) is 33.3 Å². The lowest BCUT2D eigenvalue weighted by molar-refractivity contribution is -0.266. The number of pyridine rings is 1. The number of unbranched alkanes of at least 4 members (excludes halogenated alkanes) is 15. The van der Waals surface area contributed by atoms with E-state index in [0.29, 0.717) is 69.4 Å². The Morgan fingerprint density at radius 2 is 1.39 bits per heavy atom. The maximum atomic E-state index is 12.9. The van der Waals surface area contributed by atoms with Gasteiger partial charge in [-0.3, -0.25) is 58.2 Å². The fourth-order valence-electron chi connectivity index (χ4n) is 15.5. The smallest absolute Gasteiger partial charge is 0.326 e. The number of imide groups is 1. The second kappa shape index (κ2) is 54.2. The van der Waals surface area contributed by atoms with E-state index in [4.69, 9.17) is 25.4 Å². The number of aromatic hydroxyl groups is 2. The molecule has 2 unspecified atom stereocenters. The number of ether oxygens (including phenoxy) is 2. The normalized spacial score (nSPS) is 21.6. The summed E-state index contributed by atoms with van der Waals surface area (Å²) in [6.07, 6.45) is 32.8. The minimum Gasteiger partial charge on any atom is -0.507 e. The number of fused-ring (bicyclic) bond motifs is 1. The number of aliphatic hydroxyl groups excluding tert-OH is 4. The maximum Gasteiger partial charge on any atom is 0.326 e. The molecule has 31 nitrogen and oxygen atoms in total. The number of likely N-dealkylation sites (tertiary alicyclic amines) is 1. The Kier molecular flexibility index (Phi) is 46.6. The molecule has 17 N–H and O–H groups in total. The molecule has 3 saturated heterocycles. The molecule has 1 aliphatic carbocycles. The van der Waals surface area contributed by atoms with Crippen LogP contribution in [0.25, 0.3) is 11.0 Å². The highest BCUT2D eigenvalue weighted by Crippen LogP contribution is 2.43. The minimum absolute atomic E-state index is 0.0393. The zero-order chi connectivity index (χ0) is 90.8. The number of carbonyl (C=O) groups excluding carboxylic acids is 9. The third-order valence-electron chi connectivity index (χ3n) is 22.7. The van der Waals surface area contributed by atoms with Gasteiger partial charge in [0.05, 0.1) is 18.1 Å². The van der Waals surface area contributed by atoms with Crippen molar-refractivity contribution in [1.82, 2.24) is 41.8 Å². The molecular formula is C91H140N10O21. The van der Waals surface area contributed by atoms with E-state index >= 15 is 0 Å². The number of aliphatic carboxylic acids is 1. The predicted octanol–water partition coefficient (Wildman–Crippen LogP) is 9.17. The molecule has 4 aliphatic rings. The number of carboxylic acid groups (broad SMARTS) is 1. The summed E-state index contributed by atoms with van der Waals surface area (Å²) in [6.45, 7) is 21.3. The van der Waals surface area contributed by atoms with Crippen molar-refractivity contribution in [3.63, 3.8) is 0 Å². The number of nitrogens with two attached hydrogens (primary N) is 2. The van der Waals surface area contributed by atoms with Crippen molar-refractivity contribution in [2.24, 2.45) is 16.9 Å². The number of benzene rings is 1. The van der Waals surface area contributed by atoms with Crippen LogP contribution in [0.15, 0.2) is 105 Å². The lowest BCUT2D eigenvalue weighted by Crippen LogP contribution is -2.65. The number of phenolic OH excluding ortho intramolecular Hbond substituents is 2. The van der Waals surface area contributed by atoms with Crippen molar-refractivity contribution in [1.29, 1.82) is 0 Å². The molecule has 0 bridgehead atoms. The van der Waals surface area contributed by atoms with Gasteiger partial charge in [0.15, 0.2) is 11.7 Å². The fourth-order valence-corrected chi connectivity index (χ4v) is 15.5. The first-order chi connectivity index (χ1) is 57.8. The van der Waals surface area contributed by atoms with Gasteiger partial charge in [0, 0.05) is 81.4 Å². The van der Waals surface area contributed by atoms with Gasteiger partial charge in [0.1, 0.15) is 76.8 Å². The van der Waals surface area contributed by atoms with Gasteiger partial charge in [-0.15, -0.1) is 0 Å². The number of allylic oxidation sites excluding steroid dienone is 9. The highest BCUT2D eigenvalue weighted by atomic mass is 16.6. The van der Waals surface area contributed by atoms with E-state index in [1.165, 1.54) is 139 Å². The van der Waals surface area contributed by atoms with Crippen molar-refractivity contribution >= 4 is 70.1 Å². The van der Waals surface area contributed by atoms with Gasteiger partial charge >= 0.3 is 5.97 Å². The summed E-state index contributed by atoms with van der Waals surface area (Å²) < 4.78 is 16.4. The molecule has 5 heterocycles. The highest BCUT2D eigenvalue weighted by Gasteiger charge is 2.48. The Morgan fingerprint density at radius 3 is 1.95 bits per heavy atom. The number of rotatable bonds is 43. The average molecular weight is 1710 g/mol. The largest absolute Gasteiger partial charge is 0.507 e. The Balaban J connectivity index is 0.000000413. The number of amides is 9. The van der Waals surface area contributed by atoms with Crippen LogP contribution in [0.4, 0.5) is 0 Å². The van der Waals surface area contributed by atoms with Crippen LogP contribution in [0, 0.1) is 12.3 Å². The quantitative estimate of drug-likeness (QED) is 0.0109. The van der Waals surface area contributed by atoms with Gasteiger partial charge < -0.3 is 92.6 Å². The standard InChI is InChI=1S/C43H78N6O13.C20H29NO.C16H19NO5.C12H14N2O2/c1-5-6-7-8-9-10-11-12-13-14-15-16-17-18-19-23-34(52)45-26-21-20-22-32(42(58)59)48-35(53)25-24-31(39(44)55)49-40(56)28(2)46-41(57)29(3)61-38-36(47-30(4)51)43(60)62-33(27-50)37(38)54;1-15(8-6-9-16(2)14-19(21)22)11-12-18-17(3)10-7-13-20(18,4)5;1-8-5-10(18)15-12(20)6-11(19)14(16(15)22-8)9-3-4-17(2)7-13(9)21;1-2-12(9-4-7-13-8-5-9)6-3-10(15)14-11(12)16/h28-29,31-33,36-38,43,50,54,60H,5-27H2,1-4H3,(H2,44,55)(H,45,52)(H,46,57)(H,47,51)(H,48,53)(H,49,56)(H,58,59);6,8-9,11-12,14H,7,10,13H2,1-5H3,(H2,21,22);5-6,9,13,19-21H,3-4,7H2,1-2H3;4-5,7-8H,2-3,6H2,1H3,(H,14,15,16)/b;9-6+,12-11+,15-8+,16-14+;;/t28-,29+,31+,32-,33+,36+,37?,38+,43+;;9-,13+;/m0.0./s1. The SMILES string of the molecule is CC1=C(/C=C/C(C)=C/C=C/C(C)=C/C(N)=O)C(C)(C)CCC1.CCC1(c2ccncc2)CCC(=O)NC1=O.CCCCCCCCCCCCCCCCCC(=O)NCCCC[C@H](NC(=O)CC[C@@H](NC(=O)[C@H](C)NC(=O)[C@@H](C)O[C@H]1C(O)[C@@H](CO)O[C@@H](O)[C@@H]1NC(C)=O)C(N)=O)C(=O)O.Cc1cc(=O)c2c(O)cc(O)c([C@H]3CCN(C)C[C@H]3O)c2o1. The lowest BCUT2D eigenvalue weighted by Gasteiger charge is -2.43. The summed E-state index contributed by atoms with van der Waals surface area (Å²) in [4.78, 5) is 138. The number of aliphatic hydroxyl groups is 4. The van der Waals surface area contributed by atoms with Crippen LogP contribution >= 0.6 is 0 Å². The summed E-state index contributed by atoms with van der Waals surface area (Å²) in [6, 6.07) is 1.00. The number of primary amides is 2. The number of aromatic nitrogens is 1. The zero-order valence-corrected chi connectivity index (χ0v) is 73.8. The minimum atomic E-state index is -1.68. The fraction of sp³-hybridized carbons (Fsp3) is 0.626. The molecule has 12 atom stereocenters. The number of piperidine rings is 2. The first-order valence-corrected chi connectivity index (χ1v) is 43.4. The Labute approximate surface area is 718 Å². The van der Waals surface area contributed by atoms with Crippen molar-refractivity contribution in [3.05, 3.63) is 123 Å². The molecule has 680 valence electrons. The number of nitrogens with zero attached hydrogens (tertiary/aromatic N) is 2. The molecule has 3 aromatic rings. The lowest BCUT2D eigenvalue weighted by atomic mass is 9.72. The molecule has 3 aliphatic heterocycles. The topological polar surface area (TPSA) is 501 Å². The first kappa shape index (κ1) is 105. The Morgan fingerprint density at radius 1 is 0.754 bits per heavy atom. The van der Waals surface area contributed by atoms with Crippen LogP contribution < -0.4 is 48.8 Å². The molecule has 0 saturated carbocycles. The molecule has 0 spiro atoms. The number of phenols is 2. The number of carbonyl (C=O) groups is 10. The second-order valence-corrected chi connectivity index (χ2v) is 33.3. The van der Waals surface area contributed by atoms with E-state index in [0.717, 1.165) is 49.9 Å². The molecule has 9 amide bonds. The molecule has 31 heteroatoms. The van der Waals surface area contributed by atoms with E-state index in [1.807, 2.05) is 56.2 Å². The van der Waals surface area contributed by atoms with Crippen LogP contribution in [0.3, 0.4) is 0 Å². The molecule has 7 rings (SSSR count). The summed E-state index contributed by atoms with van der Waals surface area (Å²) in [5.41, 5.74) is 16.4. The number of aryl methyl sites for hydroxylation is 1. The van der Waals surface area contributed by atoms with Crippen LogP contribution in [-0.2, 0) is 62.8 Å². The van der Waals surface area contributed by atoms with Crippen LogP contribution in [0.5, 0.6) is 11.5 Å². The number of nitrogens with one attached hydrogen (secondary N) is 6. The number of likely N-dealkylation sites (N-methyl/N-ethyl adjacent to an activating group) is 1. The summed E-state index contributed by atoms with van der Waals surface area (Å²) in [5, 5.41) is 85.5. The zero-order valence-electron chi connectivity index (χ0n) is 73.8. The molecule has 2 aromatic heterocycles. The third-order valence-corrected chi connectivity index (χ3v) is 22.7. The predicted molar refractivity (Wildman–Crippen MR) is 465 cm³/mol. The average Bonchev–Trinajstić information content (AvgIpc) is 0.760. The monoisotopic (exact) mass is 1710 g/mol. The maximum absolute atomic E-state index is 12.9. The number of hydrogen-bond acceptors (Lipinski definition) is 22. The molecule has 1 aromatic carbocycles. The van der Waals surface area contributed by atoms with Crippen LogP contribution in [-0.4, -0.2) is 199 Å². The Hall–Kier alpha value is -9.50. The summed E-state index contributed by atoms with van der Waals surface area (Å²) in [5.74, 6) is -6.45. The van der Waals surface area contributed by atoms with Gasteiger partial charge in [-0.2, -0.15) is 0 Å². The number of β-amino-alcohol motifs (C(OH)–C–C–N with tert-alkyl or cyclic N) is 1. The van der Waals surface area contributed by atoms with Crippen LogP contribution in [0.1, 0.15) is 272 Å². The molecule has 0 radical (unpaired) electrons. The van der Waals surface area contributed by atoms with Gasteiger partial charge in [0.2, 0.25) is 53.2 Å². The number of carboxylic acids is 1. The second-order valence-electron chi connectivity index (χ2n) is 33.3. The summed E-state index contributed by atoms with van der Waals surface area (Å²) >= 11 is 0. The van der Waals surface area contributed by atoms with Crippen molar-refractivity contribution < 1.29 is 97.6 Å². The molecular weight excluding hydrogens is 1570 g/mol. The van der Waals surface area contributed by atoms with Gasteiger partial charge in [-0.05, 0) is 160 Å².